The van der Waals surface area contributed by atoms with Gasteiger partial charge in [0, 0.05) is 19.3 Å². The molecule has 0 aliphatic heterocycles. The van der Waals surface area contributed by atoms with Gasteiger partial charge in [-0.05, 0) is 19.8 Å². The highest BCUT2D eigenvalue weighted by atomic mass is 15.1. The molecule has 0 saturated heterocycles. The molecule has 0 bridgehead atoms. The van der Waals surface area contributed by atoms with Gasteiger partial charge in [0.1, 0.15) is 0 Å². The minimum absolute atomic E-state index is 1.11. The smallest absolute Gasteiger partial charge is 0.0143 e. The van der Waals surface area contributed by atoms with E-state index in [0.717, 1.165) is 19.4 Å². The minimum atomic E-state index is 1.11. The Balaban J connectivity index is 3.92. The van der Waals surface area contributed by atoms with Crippen LogP contribution >= 0.6 is 0 Å². The van der Waals surface area contributed by atoms with Gasteiger partial charge in [-0.2, -0.15) is 0 Å². The fraction of sp³-hybridized carbons (Fsp3) is 0.778. The van der Waals surface area contributed by atoms with E-state index in [9.17, 15) is 0 Å². The highest BCUT2D eigenvalue weighted by Gasteiger charge is 1.96. The summed E-state index contributed by atoms with van der Waals surface area (Å²) in [5.74, 6) is 0. The van der Waals surface area contributed by atoms with E-state index in [-0.39, 0.29) is 0 Å². The van der Waals surface area contributed by atoms with E-state index >= 15 is 0 Å². The lowest BCUT2D eigenvalue weighted by Gasteiger charge is -2.19. The zero-order chi connectivity index (χ0) is 7.98. The van der Waals surface area contributed by atoms with Crippen molar-refractivity contribution in [2.45, 2.75) is 33.6 Å². The van der Waals surface area contributed by atoms with Crippen LogP contribution < -0.4 is 0 Å². The van der Waals surface area contributed by atoms with Gasteiger partial charge >= 0.3 is 0 Å². The molecule has 0 fully saturated rings. The second-order valence-electron chi connectivity index (χ2n) is 2.47. The Morgan fingerprint density at radius 2 is 1.90 bits per heavy atom. The topological polar surface area (TPSA) is 3.24 Å². The van der Waals surface area contributed by atoms with E-state index in [2.05, 4.69) is 38.8 Å². The molecule has 0 unspecified atom stereocenters. The van der Waals surface area contributed by atoms with E-state index in [4.69, 9.17) is 0 Å². The number of allylic oxidation sites excluding steroid dienone is 2. The summed E-state index contributed by atoms with van der Waals surface area (Å²) >= 11 is 0. The quantitative estimate of drug-likeness (QED) is 0.581. The Hall–Kier alpha value is -0.460. The van der Waals surface area contributed by atoms with Crippen molar-refractivity contribution in [2.24, 2.45) is 0 Å². The summed E-state index contributed by atoms with van der Waals surface area (Å²) < 4.78 is 0. The molecule has 0 aromatic heterocycles. The summed E-state index contributed by atoms with van der Waals surface area (Å²) in [6.07, 6.45) is 4.59. The number of hydrogen-bond donors (Lipinski definition) is 0. The van der Waals surface area contributed by atoms with Gasteiger partial charge in [-0.1, -0.05) is 19.9 Å². The zero-order valence-corrected chi connectivity index (χ0v) is 7.65. The van der Waals surface area contributed by atoms with Gasteiger partial charge in [-0.15, -0.1) is 0 Å². The van der Waals surface area contributed by atoms with Crippen LogP contribution in [0.15, 0.2) is 11.8 Å². The molecule has 0 saturated carbocycles. The molecule has 0 heterocycles. The Labute approximate surface area is 64.7 Å². The molecule has 0 N–H and O–H groups in total. The molecule has 10 heavy (non-hydrogen) atoms. The van der Waals surface area contributed by atoms with Gasteiger partial charge in [0.25, 0.3) is 0 Å². The molecule has 1 heteroatoms. The second kappa shape index (κ2) is 5.33. The fourth-order valence-electron chi connectivity index (χ4n) is 1.01. The average Bonchev–Trinajstić information content (AvgIpc) is 1.99. The first-order valence-electron chi connectivity index (χ1n) is 4.16. The van der Waals surface area contributed by atoms with Gasteiger partial charge in [0.05, 0.1) is 0 Å². The van der Waals surface area contributed by atoms with Crippen LogP contribution in [0.3, 0.4) is 0 Å². The third-order valence-electron chi connectivity index (χ3n) is 1.77. The van der Waals surface area contributed by atoms with E-state index in [1.807, 2.05) is 0 Å². The van der Waals surface area contributed by atoms with Gasteiger partial charge in [-0.3, -0.25) is 0 Å². The maximum absolute atomic E-state index is 2.30. The van der Waals surface area contributed by atoms with E-state index in [1.54, 1.807) is 0 Å². The first-order chi connectivity index (χ1) is 4.76. The third kappa shape index (κ3) is 2.90. The van der Waals surface area contributed by atoms with E-state index < -0.39 is 0 Å². The Kier molecular flexibility index (Phi) is 5.09. The second-order valence-corrected chi connectivity index (χ2v) is 2.47. The van der Waals surface area contributed by atoms with Crippen LogP contribution in [0, 0.1) is 0 Å². The van der Waals surface area contributed by atoms with E-state index in [0.29, 0.717) is 0 Å². The van der Waals surface area contributed by atoms with Crippen molar-refractivity contribution >= 4 is 0 Å². The van der Waals surface area contributed by atoms with Crippen molar-refractivity contribution in [1.82, 2.24) is 4.90 Å². The Morgan fingerprint density at radius 3 is 2.20 bits per heavy atom. The van der Waals surface area contributed by atoms with Crippen LogP contribution in [0.25, 0.3) is 0 Å². The SMILES string of the molecule is CCC=C(CC)N(C)CC. The van der Waals surface area contributed by atoms with Gasteiger partial charge in [-0.25, -0.2) is 0 Å². The molecule has 0 aromatic carbocycles. The normalized spacial score (nSPS) is 11.8. The standard InChI is InChI=1S/C9H19N/c1-5-8-9(6-2)10(4)7-3/h8H,5-7H2,1-4H3. The lowest BCUT2D eigenvalue weighted by Crippen LogP contribution is -2.16. The molecule has 0 aliphatic rings. The van der Waals surface area contributed by atoms with Crippen LogP contribution in [-0.2, 0) is 0 Å². The average molecular weight is 141 g/mol. The molecule has 0 aromatic rings. The molecule has 0 rings (SSSR count). The number of nitrogens with zero attached hydrogens (tertiary/aromatic N) is 1. The number of rotatable bonds is 4. The van der Waals surface area contributed by atoms with Crippen LogP contribution in [0.4, 0.5) is 0 Å². The maximum Gasteiger partial charge on any atom is 0.0143 e. The predicted octanol–water partition coefficient (Wildman–Crippen LogP) is 2.64. The summed E-state index contributed by atoms with van der Waals surface area (Å²) in [6, 6.07) is 0. The van der Waals surface area contributed by atoms with Crippen LogP contribution in [0.1, 0.15) is 33.6 Å². The summed E-state index contributed by atoms with van der Waals surface area (Å²) in [6.45, 7) is 7.67. The predicted molar refractivity (Wildman–Crippen MR) is 47.0 cm³/mol. The Morgan fingerprint density at radius 1 is 1.30 bits per heavy atom. The van der Waals surface area contributed by atoms with Crippen molar-refractivity contribution in [2.75, 3.05) is 13.6 Å². The van der Waals surface area contributed by atoms with Crippen molar-refractivity contribution in [3.05, 3.63) is 11.8 Å². The van der Waals surface area contributed by atoms with Gasteiger partial charge in [0.2, 0.25) is 0 Å². The van der Waals surface area contributed by atoms with Crippen LogP contribution in [-0.4, -0.2) is 18.5 Å². The Bertz CT molecular complexity index is 105. The van der Waals surface area contributed by atoms with Crippen molar-refractivity contribution in [3.63, 3.8) is 0 Å². The summed E-state index contributed by atoms with van der Waals surface area (Å²) in [5.41, 5.74) is 1.46. The minimum Gasteiger partial charge on any atom is -0.378 e. The maximum atomic E-state index is 2.30. The monoisotopic (exact) mass is 141 g/mol. The first-order valence-corrected chi connectivity index (χ1v) is 4.16. The molecule has 0 amide bonds. The molecular formula is C9H19N. The summed E-state index contributed by atoms with van der Waals surface area (Å²) in [4.78, 5) is 2.30. The van der Waals surface area contributed by atoms with Gasteiger partial charge in [0.15, 0.2) is 0 Å². The zero-order valence-electron chi connectivity index (χ0n) is 7.65. The lowest BCUT2D eigenvalue weighted by atomic mass is 10.2. The number of hydrogen-bond acceptors (Lipinski definition) is 1. The summed E-state index contributed by atoms with van der Waals surface area (Å²) in [7, 11) is 2.14. The molecule has 0 spiro atoms. The first kappa shape index (κ1) is 9.54. The fourth-order valence-corrected chi connectivity index (χ4v) is 1.01. The molecule has 0 atom stereocenters. The van der Waals surface area contributed by atoms with Crippen LogP contribution in [0.5, 0.6) is 0 Å². The molecular weight excluding hydrogens is 122 g/mol. The summed E-state index contributed by atoms with van der Waals surface area (Å²) in [5, 5.41) is 0. The van der Waals surface area contributed by atoms with Gasteiger partial charge < -0.3 is 4.90 Å². The van der Waals surface area contributed by atoms with Crippen molar-refractivity contribution in [1.29, 1.82) is 0 Å². The van der Waals surface area contributed by atoms with Crippen molar-refractivity contribution < 1.29 is 0 Å². The lowest BCUT2D eigenvalue weighted by molar-refractivity contribution is 0.426. The molecule has 0 aliphatic carbocycles. The van der Waals surface area contributed by atoms with Crippen molar-refractivity contribution in [3.8, 4) is 0 Å². The molecule has 60 valence electrons. The highest BCUT2D eigenvalue weighted by Crippen LogP contribution is 2.05. The molecule has 0 radical (unpaired) electrons. The third-order valence-corrected chi connectivity index (χ3v) is 1.77. The molecule has 1 nitrogen and oxygen atoms in total. The van der Waals surface area contributed by atoms with E-state index in [1.165, 1.54) is 5.70 Å². The van der Waals surface area contributed by atoms with Crippen LogP contribution in [0.2, 0.25) is 0 Å². The highest BCUT2D eigenvalue weighted by molar-refractivity contribution is 4.98. The largest absolute Gasteiger partial charge is 0.378 e.